The molecule has 2 aromatic rings. The SMILES string of the molecule is CCCCNC(=O)c1ccc2c(c1)C1C=CCC1C(c1cc([N+](=O)[O-])ccc1Cl)N2. The number of carbonyl (C=O) groups excluding carboxylic acids is 1. The van der Waals surface area contributed by atoms with Crippen molar-refractivity contribution in [3.8, 4) is 0 Å². The van der Waals surface area contributed by atoms with Gasteiger partial charge >= 0.3 is 0 Å². The summed E-state index contributed by atoms with van der Waals surface area (Å²) in [7, 11) is 0. The van der Waals surface area contributed by atoms with Crippen LogP contribution in [0, 0.1) is 16.0 Å². The molecule has 0 fully saturated rings. The number of carbonyl (C=O) groups is 1. The Hall–Kier alpha value is -2.86. The van der Waals surface area contributed by atoms with Crippen LogP contribution in [0.25, 0.3) is 0 Å². The van der Waals surface area contributed by atoms with E-state index in [1.54, 1.807) is 12.1 Å². The second-order valence-corrected chi connectivity index (χ2v) is 8.26. The summed E-state index contributed by atoms with van der Waals surface area (Å²) in [6.45, 7) is 2.76. The smallest absolute Gasteiger partial charge is 0.269 e. The molecule has 0 spiro atoms. The van der Waals surface area contributed by atoms with E-state index < -0.39 is 4.92 Å². The van der Waals surface area contributed by atoms with Crippen LogP contribution in [0.15, 0.2) is 48.6 Å². The zero-order chi connectivity index (χ0) is 21.3. The Kier molecular flexibility index (Phi) is 5.77. The summed E-state index contributed by atoms with van der Waals surface area (Å²) in [6, 6.07) is 10.1. The number of halogens is 1. The molecule has 0 radical (unpaired) electrons. The van der Waals surface area contributed by atoms with Gasteiger partial charge in [0.1, 0.15) is 0 Å². The highest BCUT2D eigenvalue weighted by Crippen LogP contribution is 2.51. The number of rotatable bonds is 6. The standard InChI is InChI=1S/C23H24ClN3O3/c1-2-3-11-25-23(28)14-7-10-21-18(12-14)16-5-4-6-17(16)22(26-21)19-13-15(27(29)30)8-9-20(19)24/h4-5,7-10,12-13,16-17,22,26H,2-3,6,11H2,1H3,(H,25,28). The number of hydrogen-bond acceptors (Lipinski definition) is 4. The number of nitro groups is 1. The number of anilines is 1. The van der Waals surface area contributed by atoms with Crippen molar-refractivity contribution in [1.29, 1.82) is 0 Å². The third kappa shape index (κ3) is 3.79. The van der Waals surface area contributed by atoms with Crippen molar-refractivity contribution >= 4 is 28.9 Å². The molecule has 7 heteroatoms. The fourth-order valence-electron chi connectivity index (χ4n) is 4.41. The maximum absolute atomic E-state index is 12.5. The first-order chi connectivity index (χ1) is 14.5. The van der Waals surface area contributed by atoms with Crippen molar-refractivity contribution in [2.24, 2.45) is 5.92 Å². The largest absolute Gasteiger partial charge is 0.378 e. The van der Waals surface area contributed by atoms with E-state index >= 15 is 0 Å². The molecular weight excluding hydrogens is 402 g/mol. The predicted octanol–water partition coefficient (Wildman–Crippen LogP) is 5.60. The Morgan fingerprint density at radius 1 is 1.27 bits per heavy atom. The molecule has 1 aliphatic heterocycles. The van der Waals surface area contributed by atoms with Crippen LogP contribution in [0.4, 0.5) is 11.4 Å². The lowest BCUT2D eigenvalue weighted by atomic mass is 9.76. The first-order valence-electron chi connectivity index (χ1n) is 10.3. The number of fused-ring (bicyclic) bond motifs is 3. The third-order valence-corrected chi connectivity index (χ3v) is 6.31. The molecule has 0 saturated heterocycles. The molecule has 4 rings (SSSR count). The Bertz CT molecular complexity index is 1020. The molecule has 2 N–H and O–H groups in total. The van der Waals surface area contributed by atoms with Gasteiger partial charge in [0, 0.05) is 46.4 Å². The third-order valence-electron chi connectivity index (χ3n) is 5.97. The summed E-state index contributed by atoms with van der Waals surface area (Å²) < 4.78 is 0. The van der Waals surface area contributed by atoms with Crippen LogP contribution in [0.3, 0.4) is 0 Å². The highest BCUT2D eigenvalue weighted by Gasteiger charge is 2.39. The maximum atomic E-state index is 12.5. The van der Waals surface area contributed by atoms with Crippen LogP contribution in [-0.2, 0) is 0 Å². The summed E-state index contributed by atoms with van der Waals surface area (Å²) in [5, 5.41) is 18.3. The minimum absolute atomic E-state index is 0.0311. The Balaban J connectivity index is 1.66. The highest BCUT2D eigenvalue weighted by atomic mass is 35.5. The zero-order valence-corrected chi connectivity index (χ0v) is 17.5. The molecule has 0 saturated carbocycles. The Labute approximate surface area is 180 Å². The number of non-ortho nitro benzene ring substituents is 1. The Morgan fingerprint density at radius 2 is 2.10 bits per heavy atom. The molecule has 1 amide bonds. The number of amides is 1. The van der Waals surface area contributed by atoms with Crippen molar-refractivity contribution in [3.05, 3.63) is 80.4 Å². The molecule has 2 aliphatic rings. The lowest BCUT2D eigenvalue weighted by molar-refractivity contribution is -0.384. The van der Waals surface area contributed by atoms with Crippen LogP contribution in [0.5, 0.6) is 0 Å². The number of nitrogens with one attached hydrogen (secondary N) is 2. The first kappa shape index (κ1) is 20.4. The molecule has 156 valence electrons. The van der Waals surface area contributed by atoms with E-state index in [1.807, 2.05) is 18.2 Å². The van der Waals surface area contributed by atoms with Gasteiger partial charge in [0.05, 0.1) is 11.0 Å². The molecular formula is C23H24ClN3O3. The van der Waals surface area contributed by atoms with E-state index in [9.17, 15) is 14.9 Å². The summed E-state index contributed by atoms with van der Waals surface area (Å²) in [6.07, 6.45) is 7.13. The minimum atomic E-state index is -0.398. The van der Waals surface area contributed by atoms with E-state index in [0.717, 1.165) is 36.1 Å². The number of hydrogen-bond donors (Lipinski definition) is 2. The fourth-order valence-corrected chi connectivity index (χ4v) is 4.64. The predicted molar refractivity (Wildman–Crippen MR) is 118 cm³/mol. The molecule has 1 aliphatic carbocycles. The normalized spacial score (nSPS) is 21.5. The second-order valence-electron chi connectivity index (χ2n) is 7.85. The zero-order valence-electron chi connectivity index (χ0n) is 16.7. The van der Waals surface area contributed by atoms with Crippen molar-refractivity contribution in [2.75, 3.05) is 11.9 Å². The van der Waals surface area contributed by atoms with Crippen molar-refractivity contribution in [2.45, 2.75) is 38.1 Å². The van der Waals surface area contributed by atoms with Gasteiger partial charge in [-0.2, -0.15) is 0 Å². The average Bonchev–Trinajstić information content (AvgIpc) is 3.23. The van der Waals surface area contributed by atoms with E-state index in [2.05, 4.69) is 29.7 Å². The quantitative estimate of drug-likeness (QED) is 0.273. The van der Waals surface area contributed by atoms with E-state index in [4.69, 9.17) is 11.6 Å². The molecule has 30 heavy (non-hydrogen) atoms. The van der Waals surface area contributed by atoms with E-state index in [0.29, 0.717) is 17.1 Å². The van der Waals surface area contributed by atoms with Gasteiger partial charge in [-0.15, -0.1) is 0 Å². The molecule has 2 aromatic carbocycles. The van der Waals surface area contributed by atoms with E-state index in [-0.39, 0.29) is 29.5 Å². The van der Waals surface area contributed by atoms with Gasteiger partial charge in [-0.25, -0.2) is 0 Å². The van der Waals surface area contributed by atoms with Crippen LogP contribution >= 0.6 is 11.6 Å². The summed E-state index contributed by atoms with van der Waals surface area (Å²) in [4.78, 5) is 23.4. The van der Waals surface area contributed by atoms with Crippen molar-refractivity contribution in [3.63, 3.8) is 0 Å². The topological polar surface area (TPSA) is 84.3 Å². The van der Waals surface area contributed by atoms with Gasteiger partial charge in [0.2, 0.25) is 0 Å². The second kappa shape index (κ2) is 8.48. The molecule has 3 unspecified atom stereocenters. The van der Waals surface area contributed by atoms with Crippen molar-refractivity contribution < 1.29 is 9.72 Å². The summed E-state index contributed by atoms with van der Waals surface area (Å²) in [5.74, 6) is 0.244. The summed E-state index contributed by atoms with van der Waals surface area (Å²) in [5.41, 5.74) is 3.42. The van der Waals surface area contributed by atoms with Crippen LogP contribution in [-0.4, -0.2) is 17.4 Å². The number of allylic oxidation sites excluding steroid dienone is 2. The van der Waals surface area contributed by atoms with Gasteiger partial charge in [0.25, 0.3) is 11.6 Å². The molecule has 3 atom stereocenters. The van der Waals surface area contributed by atoms with Gasteiger partial charge in [-0.05, 0) is 48.6 Å². The van der Waals surface area contributed by atoms with Gasteiger partial charge in [-0.3, -0.25) is 14.9 Å². The number of unbranched alkanes of at least 4 members (excludes halogenated alkanes) is 1. The van der Waals surface area contributed by atoms with E-state index in [1.165, 1.54) is 6.07 Å². The lowest BCUT2D eigenvalue weighted by Crippen LogP contribution is -2.30. The summed E-state index contributed by atoms with van der Waals surface area (Å²) >= 11 is 6.44. The maximum Gasteiger partial charge on any atom is 0.269 e. The number of nitro benzene ring substituents is 1. The average molecular weight is 426 g/mol. The monoisotopic (exact) mass is 425 g/mol. The van der Waals surface area contributed by atoms with Crippen LogP contribution < -0.4 is 10.6 Å². The lowest BCUT2D eigenvalue weighted by Gasteiger charge is -2.38. The first-order valence-corrected chi connectivity index (χ1v) is 10.7. The molecule has 1 heterocycles. The van der Waals surface area contributed by atoms with Crippen molar-refractivity contribution in [1.82, 2.24) is 5.32 Å². The molecule has 6 nitrogen and oxygen atoms in total. The molecule has 0 bridgehead atoms. The minimum Gasteiger partial charge on any atom is -0.378 e. The van der Waals surface area contributed by atoms with Gasteiger partial charge in [0.15, 0.2) is 0 Å². The van der Waals surface area contributed by atoms with Crippen LogP contribution in [0.1, 0.15) is 59.6 Å². The highest BCUT2D eigenvalue weighted by molar-refractivity contribution is 6.31. The Morgan fingerprint density at radius 3 is 2.87 bits per heavy atom. The van der Waals surface area contributed by atoms with Crippen LogP contribution in [0.2, 0.25) is 5.02 Å². The number of benzene rings is 2. The fraction of sp³-hybridized carbons (Fsp3) is 0.348. The molecule has 0 aromatic heterocycles. The van der Waals surface area contributed by atoms with Gasteiger partial charge in [-0.1, -0.05) is 37.1 Å². The van der Waals surface area contributed by atoms with Gasteiger partial charge < -0.3 is 10.6 Å². The number of nitrogens with zero attached hydrogens (tertiary/aromatic N) is 1.